The molecule has 1 aliphatic rings. The van der Waals surface area contributed by atoms with Gasteiger partial charge in [0.05, 0.1) is 24.7 Å². The van der Waals surface area contributed by atoms with Gasteiger partial charge in [0.1, 0.15) is 5.56 Å². The lowest BCUT2D eigenvalue weighted by Gasteiger charge is -2.34. The van der Waals surface area contributed by atoms with E-state index in [0.717, 1.165) is 12.6 Å². The molecule has 10 heteroatoms. The van der Waals surface area contributed by atoms with Gasteiger partial charge in [0.2, 0.25) is 0 Å². The molecule has 1 aliphatic heterocycles. The van der Waals surface area contributed by atoms with Crippen LogP contribution in [-0.4, -0.2) is 73.1 Å². The fraction of sp³-hybridized carbons (Fsp3) is 0.417. The molecule has 182 valence electrons. The average Bonchev–Trinajstić information content (AvgIpc) is 2.82. The zero-order valence-electron chi connectivity index (χ0n) is 19.6. The quantitative estimate of drug-likeness (QED) is 0.312. The zero-order chi connectivity index (χ0) is 24.7. The summed E-state index contributed by atoms with van der Waals surface area (Å²) >= 11 is 0. The van der Waals surface area contributed by atoms with Crippen LogP contribution in [0.25, 0.3) is 0 Å². The number of rotatable bonds is 9. The second-order valence-electron chi connectivity index (χ2n) is 7.93. The molecule has 2 aromatic carbocycles. The van der Waals surface area contributed by atoms with Crippen molar-refractivity contribution in [1.29, 1.82) is 0 Å². The summed E-state index contributed by atoms with van der Waals surface area (Å²) in [4.78, 5) is 39.8. The Morgan fingerprint density at radius 3 is 2.44 bits per heavy atom. The number of benzene rings is 2. The number of esters is 1. The lowest BCUT2D eigenvalue weighted by atomic mass is 10.1. The van der Waals surface area contributed by atoms with E-state index >= 15 is 0 Å². The topological polar surface area (TPSA) is 111 Å². The highest BCUT2D eigenvalue weighted by atomic mass is 16.6. The summed E-state index contributed by atoms with van der Waals surface area (Å²) in [5.41, 5.74) is 1.65. The molecule has 0 aromatic heterocycles. The monoisotopic (exact) mass is 471 g/mol. The Kier molecular flexibility index (Phi) is 8.42. The maximum atomic E-state index is 12.6. The summed E-state index contributed by atoms with van der Waals surface area (Å²) in [5, 5.41) is 11.5. The highest BCUT2D eigenvalue weighted by Gasteiger charge is 2.28. The Labute approximate surface area is 198 Å². The van der Waals surface area contributed by atoms with Gasteiger partial charge in [-0.15, -0.1) is 0 Å². The number of aryl methyl sites for hydroxylation is 1. The van der Waals surface area contributed by atoms with Crippen LogP contribution in [-0.2, 0) is 16.1 Å². The van der Waals surface area contributed by atoms with E-state index in [4.69, 9.17) is 14.2 Å². The molecule has 2 aromatic rings. The van der Waals surface area contributed by atoms with Crippen molar-refractivity contribution < 1.29 is 28.7 Å². The van der Waals surface area contributed by atoms with Gasteiger partial charge < -0.3 is 19.1 Å². The van der Waals surface area contributed by atoms with E-state index in [0.29, 0.717) is 26.2 Å². The number of carbonyl (C=O) groups excluding carboxylic acids is 2. The Morgan fingerprint density at radius 2 is 1.82 bits per heavy atom. The number of carbonyl (C=O) groups is 2. The van der Waals surface area contributed by atoms with E-state index in [9.17, 15) is 19.7 Å². The molecular weight excluding hydrogens is 442 g/mol. The van der Waals surface area contributed by atoms with Crippen molar-refractivity contribution >= 4 is 17.6 Å². The van der Waals surface area contributed by atoms with Crippen LogP contribution >= 0.6 is 0 Å². The molecule has 0 spiro atoms. The van der Waals surface area contributed by atoms with Gasteiger partial charge in [0, 0.05) is 38.8 Å². The van der Waals surface area contributed by atoms with Crippen molar-refractivity contribution in [1.82, 2.24) is 9.80 Å². The summed E-state index contributed by atoms with van der Waals surface area (Å²) in [5.74, 6) is -1.01. The molecule has 34 heavy (non-hydrogen) atoms. The first-order valence-corrected chi connectivity index (χ1v) is 11.0. The maximum Gasteiger partial charge on any atom is 0.345 e. The van der Waals surface area contributed by atoms with Gasteiger partial charge in [-0.25, -0.2) is 4.79 Å². The number of nitrogens with zero attached hydrogens (tertiary/aromatic N) is 3. The minimum Gasteiger partial charge on any atom is -0.493 e. The van der Waals surface area contributed by atoms with Gasteiger partial charge >= 0.3 is 5.97 Å². The second-order valence-corrected chi connectivity index (χ2v) is 7.93. The van der Waals surface area contributed by atoms with Gasteiger partial charge in [0.25, 0.3) is 11.6 Å². The number of amides is 1. The normalized spacial score (nSPS) is 13.9. The largest absolute Gasteiger partial charge is 0.493 e. The molecule has 1 saturated heterocycles. The Bertz CT molecular complexity index is 1050. The fourth-order valence-corrected chi connectivity index (χ4v) is 3.81. The average molecular weight is 472 g/mol. The Morgan fingerprint density at radius 1 is 1.09 bits per heavy atom. The number of nitro groups is 1. The SMILES string of the molecule is CCOc1cc([N+](=O)[O-])c(C(=O)OCC(=O)N2CCN(Cc3cccc(C)c3)CC2)cc1OC. The van der Waals surface area contributed by atoms with E-state index in [2.05, 4.69) is 30.0 Å². The van der Waals surface area contributed by atoms with Crippen LogP contribution in [0.5, 0.6) is 11.5 Å². The lowest BCUT2D eigenvalue weighted by molar-refractivity contribution is -0.385. The summed E-state index contributed by atoms with van der Waals surface area (Å²) in [6, 6.07) is 10.6. The molecule has 1 heterocycles. The van der Waals surface area contributed by atoms with E-state index in [1.807, 2.05) is 6.07 Å². The zero-order valence-corrected chi connectivity index (χ0v) is 19.6. The van der Waals surface area contributed by atoms with E-state index in [-0.39, 0.29) is 29.6 Å². The standard InChI is InChI=1S/C24H29N3O7/c1-4-33-22-14-20(27(30)31)19(13-21(22)32-3)24(29)34-16-23(28)26-10-8-25(9-11-26)15-18-7-5-6-17(2)12-18/h5-7,12-14H,4,8-11,15-16H2,1-3H3. The summed E-state index contributed by atoms with van der Waals surface area (Å²) < 4.78 is 15.6. The minimum atomic E-state index is -0.973. The molecule has 0 radical (unpaired) electrons. The van der Waals surface area contributed by atoms with Gasteiger partial charge in [-0.3, -0.25) is 19.8 Å². The predicted octanol–water partition coefficient (Wildman–Crippen LogP) is 2.81. The molecule has 0 atom stereocenters. The van der Waals surface area contributed by atoms with E-state index in [1.54, 1.807) is 11.8 Å². The number of piperazine rings is 1. The van der Waals surface area contributed by atoms with Gasteiger partial charge in [-0.2, -0.15) is 0 Å². The molecule has 0 saturated carbocycles. The first kappa shape index (κ1) is 25.0. The van der Waals surface area contributed by atoms with Crippen LogP contribution in [0.1, 0.15) is 28.4 Å². The Hall–Kier alpha value is -3.66. The minimum absolute atomic E-state index is 0.146. The van der Waals surface area contributed by atoms with Crippen LogP contribution in [0.2, 0.25) is 0 Å². The molecular formula is C24H29N3O7. The van der Waals surface area contributed by atoms with Crippen LogP contribution in [0.15, 0.2) is 36.4 Å². The molecule has 0 unspecified atom stereocenters. The first-order valence-electron chi connectivity index (χ1n) is 11.0. The maximum absolute atomic E-state index is 12.6. The highest BCUT2D eigenvalue weighted by Crippen LogP contribution is 2.35. The van der Waals surface area contributed by atoms with Crippen LogP contribution < -0.4 is 9.47 Å². The third-order valence-corrected chi connectivity index (χ3v) is 5.54. The molecule has 0 bridgehead atoms. The van der Waals surface area contributed by atoms with Gasteiger partial charge in [0.15, 0.2) is 18.1 Å². The number of ether oxygens (including phenoxy) is 3. The van der Waals surface area contributed by atoms with Gasteiger partial charge in [-0.05, 0) is 19.4 Å². The third-order valence-electron chi connectivity index (χ3n) is 5.54. The van der Waals surface area contributed by atoms with Crippen molar-refractivity contribution in [2.45, 2.75) is 20.4 Å². The lowest BCUT2D eigenvalue weighted by Crippen LogP contribution is -2.49. The number of nitro benzene ring substituents is 1. The Balaban J connectivity index is 1.57. The van der Waals surface area contributed by atoms with Crippen LogP contribution in [0.4, 0.5) is 5.69 Å². The first-order chi connectivity index (χ1) is 16.3. The van der Waals surface area contributed by atoms with E-state index in [1.165, 1.54) is 24.3 Å². The van der Waals surface area contributed by atoms with E-state index < -0.39 is 23.2 Å². The number of methoxy groups -OCH3 is 1. The molecule has 1 fully saturated rings. The third kappa shape index (κ3) is 6.22. The van der Waals surface area contributed by atoms with Crippen molar-refractivity contribution in [3.8, 4) is 11.5 Å². The van der Waals surface area contributed by atoms with Crippen molar-refractivity contribution in [2.75, 3.05) is 46.5 Å². The summed E-state index contributed by atoms with van der Waals surface area (Å²) in [6.07, 6.45) is 0. The van der Waals surface area contributed by atoms with Crippen molar-refractivity contribution in [2.24, 2.45) is 0 Å². The molecule has 10 nitrogen and oxygen atoms in total. The molecule has 1 amide bonds. The van der Waals surface area contributed by atoms with Crippen molar-refractivity contribution in [3.05, 3.63) is 63.2 Å². The predicted molar refractivity (Wildman–Crippen MR) is 124 cm³/mol. The molecule has 3 rings (SSSR count). The number of hydrogen-bond donors (Lipinski definition) is 0. The van der Waals surface area contributed by atoms with Crippen LogP contribution in [0.3, 0.4) is 0 Å². The van der Waals surface area contributed by atoms with Crippen LogP contribution in [0, 0.1) is 17.0 Å². The smallest absolute Gasteiger partial charge is 0.345 e. The molecule has 0 aliphatic carbocycles. The fourth-order valence-electron chi connectivity index (χ4n) is 3.81. The molecule has 0 N–H and O–H groups in total. The van der Waals surface area contributed by atoms with Crippen molar-refractivity contribution in [3.63, 3.8) is 0 Å². The number of hydrogen-bond acceptors (Lipinski definition) is 8. The summed E-state index contributed by atoms with van der Waals surface area (Å²) in [7, 11) is 1.36. The second kappa shape index (κ2) is 11.5. The van der Waals surface area contributed by atoms with Gasteiger partial charge in [-0.1, -0.05) is 29.8 Å². The summed E-state index contributed by atoms with van der Waals surface area (Å²) in [6.45, 7) is 6.79. The highest BCUT2D eigenvalue weighted by molar-refractivity contribution is 5.96.